The third-order valence-corrected chi connectivity index (χ3v) is 6.66. The normalized spacial score (nSPS) is 19.2. The number of pyridine rings is 1. The lowest BCUT2D eigenvalue weighted by atomic mass is 10.2. The molecule has 0 N–H and O–H groups in total. The van der Waals surface area contributed by atoms with Crippen LogP contribution in [0, 0.1) is 5.82 Å². The maximum absolute atomic E-state index is 14.4. The van der Waals surface area contributed by atoms with Crippen molar-refractivity contribution in [3.05, 3.63) is 36.4 Å². The van der Waals surface area contributed by atoms with E-state index in [9.17, 15) is 17.6 Å². The highest BCUT2D eigenvalue weighted by Crippen LogP contribution is 2.29. The Labute approximate surface area is 170 Å². The van der Waals surface area contributed by atoms with Crippen LogP contribution in [-0.4, -0.2) is 60.0 Å². The molecule has 1 aromatic heterocycles. The fraction of sp³-hybridized carbons (Fsp3) is 0.500. The topological polar surface area (TPSA) is 79.8 Å². The Morgan fingerprint density at radius 1 is 1.24 bits per heavy atom. The van der Waals surface area contributed by atoms with Gasteiger partial charge < -0.3 is 9.64 Å². The quantitative estimate of drug-likeness (QED) is 0.740. The number of halogens is 1. The number of hydrogen-bond donors (Lipinski definition) is 0. The van der Waals surface area contributed by atoms with Crippen molar-refractivity contribution in [1.29, 1.82) is 0 Å². The lowest BCUT2D eigenvalue weighted by molar-refractivity contribution is 0.0187. The molecular formula is C20H26FN3O4S. The fourth-order valence-electron chi connectivity index (χ4n) is 3.45. The molecular weight excluding hydrogens is 397 g/mol. The predicted molar refractivity (Wildman–Crippen MR) is 107 cm³/mol. The first-order chi connectivity index (χ1) is 13.5. The summed E-state index contributed by atoms with van der Waals surface area (Å²) in [6.07, 6.45) is 2.44. The smallest absolute Gasteiger partial charge is 0.410 e. The molecule has 1 atom stereocenters. The molecule has 0 unspecified atom stereocenters. The van der Waals surface area contributed by atoms with Crippen LogP contribution in [0.15, 0.2) is 35.5 Å². The molecule has 1 aliphatic rings. The van der Waals surface area contributed by atoms with E-state index in [4.69, 9.17) is 4.74 Å². The molecule has 0 spiro atoms. The summed E-state index contributed by atoms with van der Waals surface area (Å²) in [7, 11) is -3.96. The van der Waals surface area contributed by atoms with Crippen LogP contribution in [0.2, 0.25) is 0 Å². The summed E-state index contributed by atoms with van der Waals surface area (Å²) in [5.74, 6) is -0.681. The van der Waals surface area contributed by atoms with Gasteiger partial charge in [0.1, 0.15) is 5.60 Å². The average molecular weight is 424 g/mol. The number of benzene rings is 1. The fourth-order valence-corrected chi connectivity index (χ4v) is 5.23. The Hall–Kier alpha value is -2.26. The van der Waals surface area contributed by atoms with Crippen molar-refractivity contribution in [2.24, 2.45) is 0 Å². The molecule has 0 radical (unpaired) electrons. The maximum Gasteiger partial charge on any atom is 0.410 e. The second-order valence-corrected chi connectivity index (χ2v) is 10.1. The minimum Gasteiger partial charge on any atom is -0.444 e. The summed E-state index contributed by atoms with van der Waals surface area (Å²) in [6.45, 7) is 7.86. The molecule has 29 heavy (non-hydrogen) atoms. The second kappa shape index (κ2) is 7.87. The van der Waals surface area contributed by atoms with E-state index in [-0.39, 0.29) is 29.4 Å². The van der Waals surface area contributed by atoms with Crippen LogP contribution in [-0.2, 0) is 14.8 Å². The number of nitrogens with zero attached hydrogens (tertiary/aromatic N) is 3. The number of rotatable bonds is 2. The summed E-state index contributed by atoms with van der Waals surface area (Å²) >= 11 is 0. The monoisotopic (exact) mass is 423 g/mol. The average Bonchev–Trinajstić information content (AvgIpc) is 2.82. The van der Waals surface area contributed by atoms with Crippen LogP contribution >= 0.6 is 0 Å². The predicted octanol–water partition coefficient (Wildman–Crippen LogP) is 3.39. The number of sulfonamides is 1. The molecule has 0 saturated carbocycles. The third kappa shape index (κ3) is 4.51. The van der Waals surface area contributed by atoms with Crippen molar-refractivity contribution >= 4 is 26.9 Å². The number of aromatic nitrogens is 1. The van der Waals surface area contributed by atoms with Crippen molar-refractivity contribution in [3.8, 4) is 0 Å². The number of amides is 1. The van der Waals surface area contributed by atoms with Gasteiger partial charge in [-0.05, 0) is 40.2 Å². The second-order valence-electron chi connectivity index (χ2n) is 8.21. The maximum atomic E-state index is 14.4. The van der Waals surface area contributed by atoms with Gasteiger partial charge in [0.25, 0.3) is 0 Å². The molecule has 7 nitrogen and oxygen atoms in total. The van der Waals surface area contributed by atoms with Gasteiger partial charge in [0.2, 0.25) is 10.0 Å². The zero-order chi connectivity index (χ0) is 21.4. The number of fused-ring (bicyclic) bond motifs is 1. The Morgan fingerprint density at radius 3 is 2.66 bits per heavy atom. The van der Waals surface area contributed by atoms with Crippen molar-refractivity contribution in [2.45, 2.75) is 50.7 Å². The standard InChI is InChI=1S/C20H26FN3O4S/c1-14-13-23(9-6-10-24(14)19(25)28-20(2,3)4)29(26,27)17-8-5-7-15-11-22-12-16(21)18(15)17/h5,7-8,11-12,14H,6,9-10,13H2,1-4H3/t14-/m0/s1. The van der Waals surface area contributed by atoms with Crippen LogP contribution in [0.5, 0.6) is 0 Å². The first-order valence-electron chi connectivity index (χ1n) is 9.53. The zero-order valence-electron chi connectivity index (χ0n) is 17.1. The van der Waals surface area contributed by atoms with Crippen molar-refractivity contribution < 1.29 is 22.3 Å². The molecule has 158 valence electrons. The van der Waals surface area contributed by atoms with Gasteiger partial charge in [-0.1, -0.05) is 12.1 Å². The van der Waals surface area contributed by atoms with Crippen LogP contribution in [0.4, 0.5) is 9.18 Å². The zero-order valence-corrected chi connectivity index (χ0v) is 17.9. The highest BCUT2D eigenvalue weighted by molar-refractivity contribution is 7.89. The number of hydrogen-bond acceptors (Lipinski definition) is 5. The molecule has 1 saturated heterocycles. The van der Waals surface area contributed by atoms with E-state index in [2.05, 4.69) is 4.98 Å². The van der Waals surface area contributed by atoms with Crippen LogP contribution in [0.3, 0.4) is 0 Å². The highest BCUT2D eigenvalue weighted by atomic mass is 32.2. The number of carbonyl (C=O) groups excluding carboxylic acids is 1. The lowest BCUT2D eigenvalue weighted by Crippen LogP contribution is -2.45. The van der Waals surface area contributed by atoms with Gasteiger partial charge in [0.15, 0.2) is 5.82 Å². The SMILES string of the molecule is C[C@H]1CN(S(=O)(=O)c2cccc3cncc(F)c23)CCCN1C(=O)OC(C)(C)C. The summed E-state index contributed by atoms with van der Waals surface area (Å²) in [5, 5.41) is 0.452. The molecule has 1 aliphatic heterocycles. The van der Waals surface area contributed by atoms with Gasteiger partial charge in [0, 0.05) is 42.6 Å². The third-order valence-electron chi connectivity index (χ3n) is 4.75. The van der Waals surface area contributed by atoms with E-state index >= 15 is 0 Å². The van der Waals surface area contributed by atoms with E-state index in [0.29, 0.717) is 18.4 Å². The number of carbonyl (C=O) groups is 1. The number of ether oxygens (including phenoxy) is 1. The summed E-state index contributed by atoms with van der Waals surface area (Å²) in [5.41, 5.74) is -0.636. The molecule has 2 heterocycles. The van der Waals surface area contributed by atoms with Crippen molar-refractivity contribution in [1.82, 2.24) is 14.2 Å². The highest BCUT2D eigenvalue weighted by Gasteiger charge is 2.35. The molecule has 9 heteroatoms. The Kier molecular flexibility index (Phi) is 5.82. The van der Waals surface area contributed by atoms with E-state index in [1.807, 2.05) is 0 Å². The van der Waals surface area contributed by atoms with Gasteiger partial charge in [0.05, 0.1) is 11.1 Å². The Morgan fingerprint density at radius 2 is 1.97 bits per heavy atom. The summed E-state index contributed by atoms with van der Waals surface area (Å²) < 4.78 is 47.9. The van der Waals surface area contributed by atoms with Crippen LogP contribution in [0.25, 0.3) is 10.8 Å². The van der Waals surface area contributed by atoms with E-state index in [1.165, 1.54) is 16.6 Å². The van der Waals surface area contributed by atoms with Crippen molar-refractivity contribution in [2.75, 3.05) is 19.6 Å². The molecule has 1 fully saturated rings. The molecule has 1 amide bonds. The summed E-state index contributed by atoms with van der Waals surface area (Å²) in [4.78, 5) is 17.8. The molecule has 2 aromatic rings. The summed E-state index contributed by atoms with van der Waals surface area (Å²) in [6, 6.07) is 4.22. The van der Waals surface area contributed by atoms with Crippen molar-refractivity contribution in [3.63, 3.8) is 0 Å². The first kappa shape index (κ1) is 21.4. The molecule has 1 aromatic carbocycles. The Balaban J connectivity index is 1.91. The largest absolute Gasteiger partial charge is 0.444 e. The van der Waals surface area contributed by atoms with Gasteiger partial charge in [-0.25, -0.2) is 17.6 Å². The van der Waals surface area contributed by atoms with E-state index in [0.717, 1.165) is 6.20 Å². The van der Waals surface area contributed by atoms with Crippen LogP contribution in [0.1, 0.15) is 34.1 Å². The molecule has 0 aliphatic carbocycles. The minimum atomic E-state index is -3.96. The van der Waals surface area contributed by atoms with E-state index in [1.54, 1.807) is 44.7 Å². The van der Waals surface area contributed by atoms with Gasteiger partial charge in [-0.2, -0.15) is 4.31 Å². The lowest BCUT2D eigenvalue weighted by Gasteiger charge is -2.31. The van der Waals surface area contributed by atoms with Crippen LogP contribution < -0.4 is 0 Å². The first-order valence-corrected chi connectivity index (χ1v) is 11.0. The van der Waals surface area contributed by atoms with E-state index < -0.39 is 27.5 Å². The molecule has 0 bridgehead atoms. The van der Waals surface area contributed by atoms with Gasteiger partial charge >= 0.3 is 6.09 Å². The Bertz CT molecular complexity index is 1010. The van der Waals surface area contributed by atoms with Gasteiger partial charge in [-0.3, -0.25) is 4.98 Å². The molecule has 3 rings (SSSR count). The van der Waals surface area contributed by atoms with Gasteiger partial charge in [-0.15, -0.1) is 0 Å². The minimum absolute atomic E-state index is 0.0309.